The van der Waals surface area contributed by atoms with Crippen LogP contribution < -0.4 is 21.2 Å². The molecule has 0 amide bonds. The van der Waals surface area contributed by atoms with Gasteiger partial charge in [0, 0.05) is 0 Å². The van der Waals surface area contributed by atoms with E-state index in [0.29, 0.717) is 19.8 Å². The van der Waals surface area contributed by atoms with E-state index >= 15 is 0 Å². The third-order valence-electron chi connectivity index (χ3n) is 4.57. The van der Waals surface area contributed by atoms with Gasteiger partial charge in [-0.2, -0.15) is 0 Å². The van der Waals surface area contributed by atoms with Crippen LogP contribution in [0.3, 0.4) is 0 Å². The van der Waals surface area contributed by atoms with Crippen LogP contribution >= 0.6 is 28.3 Å². The first kappa shape index (κ1) is 32.3. The SMILES string of the molecule is CP(c1ccccc1)c1ccccc1.CP(c1ccccc1)c1ccccc1.Cl.[CH2]C=C.[O]=[W]. The Balaban J connectivity index is 0.000000527. The van der Waals surface area contributed by atoms with Gasteiger partial charge in [0.15, 0.2) is 0 Å². The fourth-order valence-corrected chi connectivity index (χ4v) is 5.98. The van der Waals surface area contributed by atoms with Crippen LogP contribution in [-0.2, 0) is 23.2 Å². The molecule has 0 heterocycles. The van der Waals surface area contributed by atoms with Crippen molar-refractivity contribution in [1.82, 2.24) is 0 Å². The summed E-state index contributed by atoms with van der Waals surface area (Å²) >= 11 is 0.333. The van der Waals surface area contributed by atoms with E-state index in [1.165, 1.54) is 27.3 Å². The van der Waals surface area contributed by atoms with E-state index in [0.717, 1.165) is 0 Å². The van der Waals surface area contributed by atoms with E-state index in [4.69, 9.17) is 3.40 Å². The summed E-state index contributed by atoms with van der Waals surface area (Å²) in [5, 5.41) is 5.75. The van der Waals surface area contributed by atoms with Gasteiger partial charge in [-0.3, -0.25) is 0 Å². The minimum absolute atomic E-state index is 0. The van der Waals surface area contributed by atoms with Gasteiger partial charge in [0.05, 0.1) is 0 Å². The average Bonchev–Trinajstić information content (AvgIpc) is 2.92. The molecule has 34 heavy (non-hydrogen) atoms. The summed E-state index contributed by atoms with van der Waals surface area (Å²) < 4.78 is 8.33. The standard InChI is InChI=1S/2C13H13P.C3H5.ClH.O.W/c2*1-14(12-8-4-2-5-9-12)13-10-6-3-7-11-13;1-3-2;;;/h2*2-11H,1H3;3H,1-2H2;1H;;. The molecule has 177 valence electrons. The topological polar surface area (TPSA) is 17.1 Å². The Hall–Kier alpha value is -1.74. The fraction of sp³-hybridized carbons (Fsp3) is 0.0690. The number of rotatable bonds is 4. The molecule has 5 heteroatoms. The Morgan fingerprint density at radius 3 is 0.824 bits per heavy atom. The van der Waals surface area contributed by atoms with Crippen LogP contribution in [-0.4, -0.2) is 13.3 Å². The first-order valence-electron chi connectivity index (χ1n) is 10.4. The molecular weight excluding hydrogens is 646 g/mol. The molecule has 0 N–H and O–H groups in total. The molecule has 0 saturated heterocycles. The van der Waals surface area contributed by atoms with Gasteiger partial charge in [-0.15, -0.1) is 19.0 Å². The zero-order chi connectivity index (χ0) is 24.3. The summed E-state index contributed by atoms with van der Waals surface area (Å²) in [6.45, 7) is 11.1. The van der Waals surface area contributed by atoms with Crippen molar-refractivity contribution >= 4 is 49.5 Å². The van der Waals surface area contributed by atoms with Crippen molar-refractivity contribution in [3.63, 3.8) is 0 Å². The second-order valence-electron chi connectivity index (χ2n) is 6.75. The Bertz CT molecular complexity index is 843. The van der Waals surface area contributed by atoms with E-state index in [9.17, 15) is 0 Å². The van der Waals surface area contributed by atoms with Crippen LogP contribution in [0.5, 0.6) is 0 Å². The zero-order valence-corrected chi connectivity index (χ0v) is 25.2. The van der Waals surface area contributed by atoms with Crippen molar-refractivity contribution in [2.75, 3.05) is 13.3 Å². The van der Waals surface area contributed by atoms with E-state index in [-0.39, 0.29) is 28.3 Å². The number of halogens is 1. The van der Waals surface area contributed by atoms with Crippen molar-refractivity contribution in [2.24, 2.45) is 0 Å². The predicted octanol–water partition coefficient (Wildman–Crippen LogP) is 6.81. The van der Waals surface area contributed by atoms with Crippen LogP contribution in [0.15, 0.2) is 134 Å². The van der Waals surface area contributed by atoms with Crippen LogP contribution in [0.25, 0.3) is 0 Å². The second-order valence-corrected chi connectivity index (χ2v) is 11.1. The molecule has 0 atom stereocenters. The van der Waals surface area contributed by atoms with Crippen molar-refractivity contribution in [3.8, 4) is 0 Å². The van der Waals surface area contributed by atoms with Crippen LogP contribution in [0, 0.1) is 6.92 Å². The molecule has 1 nitrogen and oxygen atoms in total. The number of hydrogen-bond acceptors (Lipinski definition) is 1. The maximum absolute atomic E-state index is 8.33. The average molecular weight is 678 g/mol. The number of hydrogen-bond donors (Lipinski definition) is 0. The summed E-state index contributed by atoms with van der Waals surface area (Å²) in [5.41, 5.74) is 0. The monoisotopic (exact) mass is 677 g/mol. The molecule has 0 bridgehead atoms. The first-order chi connectivity index (χ1) is 16.2. The Labute approximate surface area is 225 Å². The van der Waals surface area contributed by atoms with Crippen molar-refractivity contribution in [1.29, 1.82) is 0 Å². The molecule has 0 aromatic heterocycles. The molecule has 0 aliphatic carbocycles. The van der Waals surface area contributed by atoms with Gasteiger partial charge < -0.3 is 0 Å². The summed E-state index contributed by atoms with van der Waals surface area (Å²) in [4.78, 5) is 0. The summed E-state index contributed by atoms with van der Waals surface area (Å²) in [7, 11) is -0.342. The summed E-state index contributed by atoms with van der Waals surface area (Å²) in [6.07, 6.45) is 1.50. The molecule has 0 aliphatic heterocycles. The fourth-order valence-electron chi connectivity index (χ4n) is 2.90. The number of allylic oxidation sites excluding steroid dienone is 1. The maximum atomic E-state index is 8.33. The van der Waals surface area contributed by atoms with Gasteiger partial charge in [-0.05, 0) is 57.3 Å². The Morgan fingerprint density at radius 1 is 0.529 bits per heavy atom. The van der Waals surface area contributed by atoms with Gasteiger partial charge in [-0.1, -0.05) is 127 Å². The van der Waals surface area contributed by atoms with Crippen LogP contribution in [0.4, 0.5) is 0 Å². The molecule has 0 saturated carbocycles. The van der Waals surface area contributed by atoms with Crippen LogP contribution in [0.2, 0.25) is 0 Å². The minimum atomic E-state index is -0.171. The predicted molar refractivity (Wildman–Crippen MR) is 153 cm³/mol. The van der Waals surface area contributed by atoms with E-state index in [1.807, 2.05) is 0 Å². The second kappa shape index (κ2) is 20.6. The zero-order valence-electron chi connectivity index (χ0n) is 19.7. The Morgan fingerprint density at radius 2 is 0.676 bits per heavy atom. The molecule has 0 unspecified atom stereocenters. The molecule has 4 aromatic rings. The van der Waals surface area contributed by atoms with Crippen molar-refractivity contribution in [3.05, 3.63) is 141 Å². The molecule has 1 radical (unpaired) electrons. The van der Waals surface area contributed by atoms with Gasteiger partial charge in [0.25, 0.3) is 0 Å². The normalized spacial score (nSPS) is 9.09. The molecular formula is C29H32ClOP2W. The van der Waals surface area contributed by atoms with E-state index in [1.54, 1.807) is 0 Å². The third kappa shape index (κ3) is 12.1. The molecule has 0 fully saturated rings. The van der Waals surface area contributed by atoms with Gasteiger partial charge in [0.1, 0.15) is 0 Å². The molecule has 0 aliphatic rings. The van der Waals surface area contributed by atoms with Gasteiger partial charge >= 0.3 is 23.2 Å². The third-order valence-corrected chi connectivity index (χ3v) is 8.86. The first-order valence-corrected chi connectivity index (χ1v) is 15.2. The molecule has 4 rings (SSSR count). The Kier molecular flexibility index (Phi) is 19.6. The number of benzene rings is 4. The van der Waals surface area contributed by atoms with E-state index < -0.39 is 0 Å². The van der Waals surface area contributed by atoms with E-state index in [2.05, 4.69) is 148 Å². The van der Waals surface area contributed by atoms with Crippen molar-refractivity contribution < 1.29 is 23.2 Å². The summed E-state index contributed by atoms with van der Waals surface area (Å²) in [6, 6.07) is 42.8. The van der Waals surface area contributed by atoms with Crippen LogP contribution in [0.1, 0.15) is 0 Å². The van der Waals surface area contributed by atoms with Gasteiger partial charge in [-0.25, -0.2) is 0 Å². The summed E-state index contributed by atoms with van der Waals surface area (Å²) in [5.74, 6) is 0. The molecule has 0 spiro atoms. The van der Waals surface area contributed by atoms with Gasteiger partial charge in [0.2, 0.25) is 0 Å². The molecule has 4 aromatic carbocycles. The quantitative estimate of drug-likeness (QED) is 0.217. The van der Waals surface area contributed by atoms with Crippen molar-refractivity contribution in [2.45, 2.75) is 0 Å².